The van der Waals surface area contributed by atoms with Crippen molar-refractivity contribution in [1.29, 1.82) is 0 Å². The van der Waals surface area contributed by atoms with Crippen LogP contribution in [0.4, 0.5) is 21.8 Å². The van der Waals surface area contributed by atoms with Gasteiger partial charge >= 0.3 is 0 Å². The van der Waals surface area contributed by atoms with Gasteiger partial charge in [0.2, 0.25) is 5.95 Å². The second kappa shape index (κ2) is 8.35. The molecule has 26 heavy (non-hydrogen) atoms. The van der Waals surface area contributed by atoms with Crippen molar-refractivity contribution in [2.24, 2.45) is 0 Å². The fraction of sp³-hybridized carbons (Fsp3) is 0.211. The van der Waals surface area contributed by atoms with Gasteiger partial charge in [0, 0.05) is 42.8 Å². The molecule has 0 aliphatic heterocycles. The van der Waals surface area contributed by atoms with E-state index in [9.17, 15) is 4.39 Å². The van der Waals surface area contributed by atoms with E-state index < -0.39 is 0 Å². The molecular weight excluding hydrogens is 331 g/mol. The van der Waals surface area contributed by atoms with Crippen LogP contribution < -0.4 is 10.6 Å². The molecule has 2 heterocycles. The number of hydrogen-bond acceptors (Lipinski definition) is 6. The monoisotopic (exact) mass is 352 g/mol. The van der Waals surface area contributed by atoms with Gasteiger partial charge in [-0.2, -0.15) is 4.98 Å². The third kappa shape index (κ3) is 4.97. The van der Waals surface area contributed by atoms with Gasteiger partial charge in [-0.3, -0.25) is 4.98 Å². The molecule has 0 unspecified atom stereocenters. The van der Waals surface area contributed by atoms with Crippen LogP contribution in [0.1, 0.15) is 0 Å². The molecule has 0 radical (unpaired) electrons. The minimum Gasteiger partial charge on any atom is -0.353 e. The fourth-order valence-electron chi connectivity index (χ4n) is 2.37. The van der Waals surface area contributed by atoms with Crippen LogP contribution in [0.5, 0.6) is 0 Å². The Morgan fingerprint density at radius 1 is 1.04 bits per heavy atom. The Kier molecular flexibility index (Phi) is 5.70. The molecule has 0 fully saturated rings. The van der Waals surface area contributed by atoms with Gasteiger partial charge in [0.25, 0.3) is 0 Å². The zero-order valence-corrected chi connectivity index (χ0v) is 14.8. The predicted octanol–water partition coefficient (Wildman–Crippen LogP) is 3.39. The van der Waals surface area contributed by atoms with Gasteiger partial charge in [-0.1, -0.05) is 6.07 Å². The molecule has 0 bridgehead atoms. The molecule has 0 saturated carbocycles. The summed E-state index contributed by atoms with van der Waals surface area (Å²) in [4.78, 5) is 15.2. The number of anilines is 3. The SMILES string of the molecule is CN(C)CCNc1nc(Nc2cccc(F)c2)cc(-c2ccncc2)n1. The summed E-state index contributed by atoms with van der Waals surface area (Å²) in [5, 5.41) is 6.37. The first kappa shape index (κ1) is 17.8. The smallest absolute Gasteiger partial charge is 0.225 e. The highest BCUT2D eigenvalue weighted by atomic mass is 19.1. The zero-order valence-electron chi connectivity index (χ0n) is 14.8. The summed E-state index contributed by atoms with van der Waals surface area (Å²) < 4.78 is 13.4. The second-order valence-electron chi connectivity index (χ2n) is 6.06. The third-order valence-electron chi connectivity index (χ3n) is 3.64. The van der Waals surface area contributed by atoms with Crippen LogP contribution in [0.2, 0.25) is 0 Å². The van der Waals surface area contributed by atoms with Crippen LogP contribution in [0.3, 0.4) is 0 Å². The van der Waals surface area contributed by atoms with E-state index in [1.165, 1.54) is 12.1 Å². The van der Waals surface area contributed by atoms with Crippen molar-refractivity contribution in [1.82, 2.24) is 19.9 Å². The summed E-state index contributed by atoms with van der Waals surface area (Å²) in [5.74, 6) is 0.799. The molecule has 0 atom stereocenters. The molecule has 7 heteroatoms. The summed E-state index contributed by atoms with van der Waals surface area (Å²) in [6, 6.07) is 11.9. The van der Waals surface area contributed by atoms with E-state index in [0.717, 1.165) is 17.8 Å². The van der Waals surface area contributed by atoms with Crippen molar-refractivity contribution >= 4 is 17.5 Å². The first-order valence-electron chi connectivity index (χ1n) is 8.31. The minimum absolute atomic E-state index is 0.303. The summed E-state index contributed by atoms with van der Waals surface area (Å²) in [6.07, 6.45) is 3.44. The van der Waals surface area contributed by atoms with E-state index in [1.807, 2.05) is 32.3 Å². The van der Waals surface area contributed by atoms with Gasteiger partial charge in [-0.05, 0) is 44.4 Å². The number of benzene rings is 1. The Bertz CT molecular complexity index is 854. The van der Waals surface area contributed by atoms with Gasteiger partial charge in [0.1, 0.15) is 11.6 Å². The molecular formula is C19H21FN6. The molecule has 3 aromatic rings. The van der Waals surface area contributed by atoms with Crippen LogP contribution in [0, 0.1) is 5.82 Å². The first-order chi connectivity index (χ1) is 12.6. The normalized spacial score (nSPS) is 10.8. The summed E-state index contributed by atoms with van der Waals surface area (Å²) in [6.45, 7) is 1.57. The number of rotatable bonds is 7. The Morgan fingerprint density at radius 2 is 1.85 bits per heavy atom. The number of nitrogens with one attached hydrogen (secondary N) is 2. The third-order valence-corrected chi connectivity index (χ3v) is 3.64. The summed E-state index contributed by atoms with van der Waals surface area (Å²) in [5.41, 5.74) is 2.32. The predicted molar refractivity (Wildman–Crippen MR) is 102 cm³/mol. The van der Waals surface area contributed by atoms with Gasteiger partial charge in [0.15, 0.2) is 0 Å². The molecule has 6 nitrogen and oxygen atoms in total. The number of aromatic nitrogens is 3. The van der Waals surface area contributed by atoms with Crippen molar-refractivity contribution in [3.63, 3.8) is 0 Å². The number of hydrogen-bond donors (Lipinski definition) is 2. The second-order valence-corrected chi connectivity index (χ2v) is 6.06. The van der Waals surface area contributed by atoms with Gasteiger partial charge in [-0.25, -0.2) is 9.37 Å². The first-order valence-corrected chi connectivity index (χ1v) is 8.31. The molecule has 0 saturated heterocycles. The molecule has 2 aromatic heterocycles. The Labute approximate surface area is 152 Å². The molecule has 2 N–H and O–H groups in total. The molecule has 0 aliphatic carbocycles. The maximum atomic E-state index is 13.4. The number of halogens is 1. The molecule has 1 aromatic carbocycles. The maximum absolute atomic E-state index is 13.4. The van der Waals surface area contributed by atoms with E-state index in [0.29, 0.717) is 24.0 Å². The average Bonchev–Trinajstić information content (AvgIpc) is 2.62. The lowest BCUT2D eigenvalue weighted by Crippen LogP contribution is -2.21. The number of nitrogens with zero attached hydrogens (tertiary/aromatic N) is 4. The lowest BCUT2D eigenvalue weighted by atomic mass is 10.2. The minimum atomic E-state index is -0.303. The number of likely N-dealkylation sites (N-methyl/N-ethyl adjacent to an activating group) is 1. The van der Waals surface area contributed by atoms with Crippen LogP contribution >= 0.6 is 0 Å². The van der Waals surface area contributed by atoms with Gasteiger partial charge in [-0.15, -0.1) is 0 Å². The fourth-order valence-corrected chi connectivity index (χ4v) is 2.37. The van der Waals surface area contributed by atoms with E-state index in [1.54, 1.807) is 24.5 Å². The van der Waals surface area contributed by atoms with Gasteiger partial charge < -0.3 is 15.5 Å². The van der Waals surface area contributed by atoms with Crippen molar-refractivity contribution in [3.8, 4) is 11.3 Å². The lowest BCUT2D eigenvalue weighted by Gasteiger charge is -2.13. The highest BCUT2D eigenvalue weighted by Gasteiger charge is 2.08. The standard InChI is InChI=1S/C19H21FN6/c1-26(2)11-10-22-19-24-17(14-6-8-21-9-7-14)13-18(25-19)23-16-5-3-4-15(20)12-16/h3-9,12-13H,10-11H2,1-2H3,(H2,22,23,24,25). The summed E-state index contributed by atoms with van der Waals surface area (Å²) in [7, 11) is 4.01. The molecule has 0 spiro atoms. The quantitative estimate of drug-likeness (QED) is 0.679. The van der Waals surface area contributed by atoms with Crippen LogP contribution in [0.25, 0.3) is 11.3 Å². The van der Waals surface area contributed by atoms with Crippen molar-refractivity contribution < 1.29 is 4.39 Å². The van der Waals surface area contributed by atoms with Crippen LogP contribution in [-0.4, -0.2) is 47.0 Å². The topological polar surface area (TPSA) is 66.0 Å². The van der Waals surface area contributed by atoms with Crippen LogP contribution in [0.15, 0.2) is 54.9 Å². The van der Waals surface area contributed by atoms with Crippen molar-refractivity contribution in [2.75, 3.05) is 37.8 Å². The molecule has 0 aliphatic rings. The van der Waals surface area contributed by atoms with E-state index in [4.69, 9.17) is 0 Å². The van der Waals surface area contributed by atoms with Gasteiger partial charge in [0.05, 0.1) is 5.69 Å². The highest BCUT2D eigenvalue weighted by Crippen LogP contribution is 2.23. The van der Waals surface area contributed by atoms with Crippen LogP contribution in [-0.2, 0) is 0 Å². The largest absolute Gasteiger partial charge is 0.353 e. The Morgan fingerprint density at radius 3 is 2.58 bits per heavy atom. The van der Waals surface area contributed by atoms with E-state index >= 15 is 0 Å². The maximum Gasteiger partial charge on any atom is 0.225 e. The zero-order chi connectivity index (χ0) is 18.4. The van der Waals surface area contributed by atoms with E-state index in [2.05, 4.69) is 30.5 Å². The number of pyridine rings is 1. The lowest BCUT2D eigenvalue weighted by molar-refractivity contribution is 0.425. The molecule has 0 amide bonds. The highest BCUT2D eigenvalue weighted by molar-refractivity contribution is 5.67. The average molecular weight is 352 g/mol. The molecule has 3 rings (SSSR count). The van der Waals surface area contributed by atoms with E-state index in [-0.39, 0.29) is 5.82 Å². The summed E-state index contributed by atoms with van der Waals surface area (Å²) >= 11 is 0. The molecule has 134 valence electrons. The Hall–Kier alpha value is -3.06. The van der Waals surface area contributed by atoms with Crippen molar-refractivity contribution in [2.45, 2.75) is 0 Å². The Balaban J connectivity index is 1.89. The van der Waals surface area contributed by atoms with Crippen molar-refractivity contribution in [3.05, 3.63) is 60.7 Å².